The van der Waals surface area contributed by atoms with Crippen molar-refractivity contribution in [2.45, 2.75) is 0 Å². The summed E-state index contributed by atoms with van der Waals surface area (Å²) in [6, 6.07) is 10.2. The first-order valence-electron chi connectivity index (χ1n) is 5.16. The number of carbonyl (C=O) groups is 1. The highest BCUT2D eigenvalue weighted by Crippen LogP contribution is 2.26. The van der Waals surface area contributed by atoms with Crippen LogP contribution in [0.5, 0.6) is 0 Å². The van der Waals surface area contributed by atoms with E-state index in [1.807, 2.05) is 12.1 Å². The summed E-state index contributed by atoms with van der Waals surface area (Å²) in [6.45, 7) is 0. The Morgan fingerprint density at radius 1 is 1.22 bits per heavy atom. The van der Waals surface area contributed by atoms with Crippen molar-refractivity contribution in [1.82, 2.24) is 0 Å². The predicted octanol–water partition coefficient (Wildman–Crippen LogP) is 2.85. The van der Waals surface area contributed by atoms with Crippen LogP contribution in [0.3, 0.4) is 0 Å². The maximum Gasteiger partial charge on any atom is 0.328 e. The van der Waals surface area contributed by atoms with E-state index in [0.29, 0.717) is 0 Å². The molecule has 2 aromatic rings. The molecular weight excluding hydrogens is 234 g/mol. The fourth-order valence-corrected chi connectivity index (χ4v) is 1.70. The summed E-state index contributed by atoms with van der Waals surface area (Å²) in [5, 5.41) is 21.1. The molecule has 0 fully saturated rings. The average Bonchev–Trinajstić information content (AvgIpc) is 2.35. The van der Waals surface area contributed by atoms with Crippen LogP contribution in [0.1, 0.15) is 5.56 Å². The van der Waals surface area contributed by atoms with Gasteiger partial charge in [0.2, 0.25) is 0 Å². The van der Waals surface area contributed by atoms with E-state index in [0.717, 1.165) is 16.8 Å². The van der Waals surface area contributed by atoms with Crippen molar-refractivity contribution in [1.29, 1.82) is 0 Å². The zero-order valence-electron chi connectivity index (χ0n) is 9.24. The number of nitro groups is 1. The number of carboxylic acid groups (broad SMARTS) is 1. The predicted molar refractivity (Wildman–Crippen MR) is 67.3 cm³/mol. The van der Waals surface area contributed by atoms with Crippen molar-refractivity contribution in [3.05, 3.63) is 58.2 Å². The Morgan fingerprint density at radius 3 is 2.39 bits per heavy atom. The molecule has 0 bridgehead atoms. The monoisotopic (exact) mass is 243 g/mol. The highest BCUT2D eigenvalue weighted by molar-refractivity contribution is 5.91. The van der Waals surface area contributed by atoms with E-state index in [4.69, 9.17) is 5.11 Å². The first-order chi connectivity index (χ1) is 8.58. The molecule has 5 nitrogen and oxygen atoms in total. The fraction of sp³-hybridized carbons (Fsp3) is 0. The van der Waals surface area contributed by atoms with Gasteiger partial charge in [-0.2, -0.15) is 0 Å². The van der Waals surface area contributed by atoms with E-state index in [2.05, 4.69) is 0 Å². The van der Waals surface area contributed by atoms with Gasteiger partial charge in [0.25, 0.3) is 5.69 Å². The van der Waals surface area contributed by atoms with Gasteiger partial charge >= 0.3 is 5.97 Å². The van der Waals surface area contributed by atoms with Crippen LogP contribution in [0.2, 0.25) is 0 Å². The molecule has 2 rings (SSSR count). The van der Waals surface area contributed by atoms with Crippen molar-refractivity contribution in [2.24, 2.45) is 0 Å². The highest BCUT2D eigenvalue weighted by Gasteiger charge is 2.12. The Labute approximate surface area is 102 Å². The molecule has 1 N–H and O–H groups in total. The Bertz CT molecular complexity index is 661. The van der Waals surface area contributed by atoms with Gasteiger partial charge in [-0.3, -0.25) is 10.1 Å². The molecule has 0 radical (unpaired) electrons. The van der Waals surface area contributed by atoms with Gasteiger partial charge in [0.05, 0.1) is 10.5 Å². The molecule has 0 saturated carbocycles. The number of hydrogen-bond acceptors (Lipinski definition) is 3. The Balaban J connectivity index is 2.65. The van der Waals surface area contributed by atoms with Crippen molar-refractivity contribution in [3.63, 3.8) is 0 Å². The Morgan fingerprint density at radius 2 is 1.83 bits per heavy atom. The molecule has 0 spiro atoms. The minimum Gasteiger partial charge on any atom is -0.478 e. The summed E-state index contributed by atoms with van der Waals surface area (Å²) >= 11 is 0. The molecule has 18 heavy (non-hydrogen) atoms. The van der Waals surface area contributed by atoms with E-state index in [1.165, 1.54) is 12.1 Å². The van der Waals surface area contributed by atoms with E-state index < -0.39 is 10.9 Å². The quantitative estimate of drug-likeness (QED) is 0.510. The molecule has 0 unspecified atom stereocenters. The number of hydrogen-bond donors (Lipinski definition) is 1. The third-order valence-electron chi connectivity index (χ3n) is 2.50. The third kappa shape index (κ3) is 2.35. The van der Waals surface area contributed by atoms with Crippen molar-refractivity contribution >= 4 is 28.5 Å². The zero-order chi connectivity index (χ0) is 13.1. The summed E-state index contributed by atoms with van der Waals surface area (Å²) in [4.78, 5) is 20.9. The minimum atomic E-state index is -1.14. The van der Waals surface area contributed by atoms with Crippen LogP contribution in [-0.4, -0.2) is 16.0 Å². The van der Waals surface area contributed by atoms with Crippen molar-refractivity contribution in [3.8, 4) is 0 Å². The number of aliphatic carboxylic acids is 1. The molecule has 0 heterocycles. The lowest BCUT2D eigenvalue weighted by Crippen LogP contribution is -1.93. The molecule has 0 amide bonds. The van der Waals surface area contributed by atoms with Gasteiger partial charge in [-0.1, -0.05) is 24.3 Å². The molecule has 0 saturated heterocycles. The number of rotatable bonds is 3. The second-order valence-corrected chi connectivity index (χ2v) is 3.69. The van der Waals surface area contributed by atoms with E-state index in [-0.39, 0.29) is 11.3 Å². The van der Waals surface area contributed by atoms with E-state index in [1.54, 1.807) is 18.2 Å². The van der Waals surface area contributed by atoms with E-state index >= 15 is 0 Å². The van der Waals surface area contributed by atoms with E-state index in [9.17, 15) is 14.9 Å². The summed E-state index contributed by atoms with van der Waals surface area (Å²) in [6.07, 6.45) is 2.12. The standard InChI is InChI=1S/C13H9NO4/c15-13(16)6-5-11-7-9-3-1-2-4-10(9)8-12(11)14(17)18/h1-8H,(H,15,16). The first-order valence-corrected chi connectivity index (χ1v) is 5.16. The average molecular weight is 243 g/mol. The Hall–Kier alpha value is -2.69. The smallest absolute Gasteiger partial charge is 0.328 e. The third-order valence-corrected chi connectivity index (χ3v) is 2.50. The van der Waals surface area contributed by atoms with Crippen LogP contribution in [0.15, 0.2) is 42.5 Å². The largest absolute Gasteiger partial charge is 0.478 e. The van der Waals surface area contributed by atoms with Crippen LogP contribution >= 0.6 is 0 Å². The lowest BCUT2D eigenvalue weighted by Gasteiger charge is -2.01. The molecule has 2 aromatic carbocycles. The lowest BCUT2D eigenvalue weighted by atomic mass is 10.0. The summed E-state index contributed by atoms with van der Waals surface area (Å²) in [5.74, 6) is -1.14. The maximum absolute atomic E-state index is 10.9. The molecule has 0 aliphatic heterocycles. The Kier molecular flexibility index (Phi) is 3.05. The zero-order valence-corrected chi connectivity index (χ0v) is 9.24. The fourth-order valence-electron chi connectivity index (χ4n) is 1.70. The van der Waals surface area contributed by atoms with Crippen LogP contribution in [0, 0.1) is 10.1 Å². The van der Waals surface area contributed by atoms with Crippen molar-refractivity contribution in [2.75, 3.05) is 0 Å². The molecule has 90 valence electrons. The number of nitro benzene ring substituents is 1. The molecule has 0 atom stereocenters. The summed E-state index contributed by atoms with van der Waals surface area (Å²) in [5.41, 5.74) is 0.173. The summed E-state index contributed by atoms with van der Waals surface area (Å²) < 4.78 is 0. The van der Waals surface area contributed by atoms with Crippen LogP contribution in [-0.2, 0) is 4.79 Å². The van der Waals surface area contributed by atoms with Crippen LogP contribution in [0.25, 0.3) is 16.8 Å². The molecule has 0 aliphatic carbocycles. The second-order valence-electron chi connectivity index (χ2n) is 3.69. The minimum absolute atomic E-state index is 0.105. The van der Waals surface area contributed by atoms with Gasteiger partial charge < -0.3 is 5.11 Å². The van der Waals surface area contributed by atoms with Crippen LogP contribution < -0.4 is 0 Å². The molecule has 0 aromatic heterocycles. The summed E-state index contributed by atoms with van der Waals surface area (Å²) in [7, 11) is 0. The number of carboxylic acids is 1. The van der Waals surface area contributed by atoms with Crippen LogP contribution in [0.4, 0.5) is 5.69 Å². The van der Waals surface area contributed by atoms with Gasteiger partial charge in [0.15, 0.2) is 0 Å². The number of benzene rings is 2. The van der Waals surface area contributed by atoms with Gasteiger partial charge in [-0.05, 0) is 22.9 Å². The van der Waals surface area contributed by atoms with Gasteiger partial charge in [0.1, 0.15) is 0 Å². The first kappa shape index (κ1) is 11.8. The molecule has 0 aliphatic rings. The van der Waals surface area contributed by atoms with Gasteiger partial charge in [-0.25, -0.2) is 4.79 Å². The van der Waals surface area contributed by atoms with Gasteiger partial charge in [0, 0.05) is 12.1 Å². The molecular formula is C13H9NO4. The lowest BCUT2D eigenvalue weighted by molar-refractivity contribution is -0.384. The number of fused-ring (bicyclic) bond motifs is 1. The normalized spacial score (nSPS) is 10.9. The molecule has 5 heteroatoms. The van der Waals surface area contributed by atoms with Gasteiger partial charge in [-0.15, -0.1) is 0 Å². The maximum atomic E-state index is 10.9. The SMILES string of the molecule is O=C(O)C=Cc1cc2ccccc2cc1[N+](=O)[O-]. The van der Waals surface area contributed by atoms with Crippen molar-refractivity contribution < 1.29 is 14.8 Å². The number of nitrogens with zero attached hydrogens (tertiary/aromatic N) is 1. The highest BCUT2D eigenvalue weighted by atomic mass is 16.6. The second kappa shape index (κ2) is 4.67. The topological polar surface area (TPSA) is 80.4 Å².